The monoisotopic (exact) mass is 424 g/mol. The van der Waals surface area contributed by atoms with E-state index in [0.717, 1.165) is 5.69 Å². The molecule has 11 nitrogen and oxygen atoms in total. The Hall–Kier alpha value is -3.73. The highest BCUT2D eigenvalue weighted by atomic mass is 16.5. The number of ether oxygens (including phenoxy) is 1. The summed E-state index contributed by atoms with van der Waals surface area (Å²) < 4.78 is 10.4. The van der Waals surface area contributed by atoms with Gasteiger partial charge in [-0.25, -0.2) is 0 Å². The van der Waals surface area contributed by atoms with Crippen molar-refractivity contribution in [3.8, 4) is 5.75 Å². The molecule has 0 unspecified atom stereocenters. The van der Waals surface area contributed by atoms with Crippen LogP contribution in [0.3, 0.4) is 0 Å². The van der Waals surface area contributed by atoms with Gasteiger partial charge in [-0.05, 0) is 19.1 Å². The van der Waals surface area contributed by atoms with Crippen LogP contribution in [-0.4, -0.2) is 69.1 Å². The van der Waals surface area contributed by atoms with Crippen LogP contribution in [0.1, 0.15) is 22.1 Å². The van der Waals surface area contributed by atoms with Crippen LogP contribution in [-0.2, 0) is 6.54 Å². The zero-order chi connectivity index (χ0) is 21.8. The molecule has 162 valence electrons. The predicted molar refractivity (Wildman–Crippen MR) is 113 cm³/mol. The molecule has 1 saturated heterocycles. The van der Waals surface area contributed by atoms with Gasteiger partial charge in [0, 0.05) is 32.2 Å². The number of hydrogen-bond acceptors (Lipinski definition) is 10. The summed E-state index contributed by atoms with van der Waals surface area (Å²) in [6.07, 6.45) is 0. The van der Waals surface area contributed by atoms with E-state index in [1.165, 1.54) is 0 Å². The lowest BCUT2D eigenvalue weighted by Gasteiger charge is -2.33. The van der Waals surface area contributed by atoms with E-state index < -0.39 is 0 Å². The number of anilines is 3. The van der Waals surface area contributed by atoms with Crippen LogP contribution in [0.25, 0.3) is 0 Å². The number of nitrogen functional groups attached to an aromatic ring is 1. The Morgan fingerprint density at radius 3 is 2.68 bits per heavy atom. The number of para-hydroxylation sites is 2. The maximum atomic E-state index is 12.5. The number of methoxy groups -OCH3 is 1. The minimum atomic E-state index is -0.145. The molecule has 1 aliphatic heterocycles. The summed E-state index contributed by atoms with van der Waals surface area (Å²) in [6, 6.07) is 9.13. The third-order valence-corrected chi connectivity index (χ3v) is 4.92. The first kappa shape index (κ1) is 20.5. The van der Waals surface area contributed by atoms with Crippen molar-refractivity contribution in [2.24, 2.45) is 0 Å². The van der Waals surface area contributed by atoms with E-state index in [4.69, 9.17) is 15.0 Å². The van der Waals surface area contributed by atoms with Gasteiger partial charge in [0.1, 0.15) is 11.6 Å². The van der Waals surface area contributed by atoms with Crippen LogP contribution < -0.4 is 15.8 Å². The Labute approximate surface area is 179 Å². The van der Waals surface area contributed by atoms with Gasteiger partial charge < -0.3 is 25.2 Å². The third-order valence-electron chi connectivity index (χ3n) is 4.92. The minimum absolute atomic E-state index is 0.136. The smallest absolute Gasteiger partial charge is 0.292 e. The van der Waals surface area contributed by atoms with E-state index in [1.807, 2.05) is 24.3 Å². The second-order valence-electron chi connectivity index (χ2n) is 7.16. The Kier molecular flexibility index (Phi) is 5.94. The molecule has 1 fully saturated rings. The topological polar surface area (TPSA) is 136 Å². The third kappa shape index (κ3) is 4.89. The molecule has 3 heterocycles. The van der Waals surface area contributed by atoms with E-state index in [0.29, 0.717) is 55.9 Å². The molecule has 31 heavy (non-hydrogen) atoms. The number of rotatable bonds is 6. The summed E-state index contributed by atoms with van der Waals surface area (Å²) in [4.78, 5) is 29.3. The number of benzene rings is 1. The number of nitrogens with two attached hydrogens (primary N) is 1. The van der Waals surface area contributed by atoms with Crippen LogP contribution in [0.2, 0.25) is 0 Å². The number of aromatic nitrogens is 4. The molecular weight excluding hydrogens is 400 g/mol. The first-order chi connectivity index (χ1) is 15.0. The molecule has 1 aromatic carbocycles. The lowest BCUT2D eigenvalue weighted by atomic mass is 10.2. The summed E-state index contributed by atoms with van der Waals surface area (Å²) in [6.45, 7) is 4.79. The molecule has 0 atom stereocenters. The lowest BCUT2D eigenvalue weighted by molar-refractivity contribution is 0.0586. The Morgan fingerprint density at radius 2 is 1.97 bits per heavy atom. The predicted octanol–water partition coefficient (Wildman–Crippen LogP) is 1.46. The molecule has 3 N–H and O–H groups in total. The number of piperazine rings is 1. The summed E-state index contributed by atoms with van der Waals surface area (Å²) in [5.41, 5.74) is 7.32. The van der Waals surface area contributed by atoms with E-state index in [9.17, 15) is 4.79 Å². The number of hydrogen-bond donors (Lipinski definition) is 2. The van der Waals surface area contributed by atoms with Gasteiger partial charge in [0.15, 0.2) is 0 Å². The van der Waals surface area contributed by atoms with E-state index in [1.54, 1.807) is 25.0 Å². The van der Waals surface area contributed by atoms with Gasteiger partial charge >= 0.3 is 0 Å². The second-order valence-corrected chi connectivity index (χ2v) is 7.16. The fourth-order valence-electron chi connectivity index (χ4n) is 3.36. The van der Waals surface area contributed by atoms with Crippen LogP contribution >= 0.6 is 0 Å². The van der Waals surface area contributed by atoms with Crippen molar-refractivity contribution in [3.05, 3.63) is 47.6 Å². The molecule has 0 spiro atoms. The highest BCUT2D eigenvalue weighted by Gasteiger charge is 2.25. The fourth-order valence-corrected chi connectivity index (χ4v) is 3.36. The van der Waals surface area contributed by atoms with Crippen LogP contribution in [0.4, 0.5) is 17.6 Å². The fraction of sp³-hybridized carbons (Fsp3) is 0.350. The average Bonchev–Trinajstić information content (AvgIpc) is 3.20. The van der Waals surface area contributed by atoms with Crippen LogP contribution in [0.5, 0.6) is 5.75 Å². The Morgan fingerprint density at radius 1 is 1.19 bits per heavy atom. The maximum absolute atomic E-state index is 12.5. The van der Waals surface area contributed by atoms with Crippen molar-refractivity contribution in [2.75, 3.05) is 44.3 Å². The normalized spacial score (nSPS) is 14.5. The Bertz CT molecular complexity index is 1060. The van der Waals surface area contributed by atoms with Gasteiger partial charge in [-0.3, -0.25) is 9.69 Å². The molecular formula is C20H24N8O3. The molecule has 0 bridgehead atoms. The Balaban J connectivity index is 1.38. The van der Waals surface area contributed by atoms with Gasteiger partial charge in [-0.2, -0.15) is 15.0 Å². The number of aryl methyl sites for hydroxylation is 1. The zero-order valence-electron chi connectivity index (χ0n) is 17.4. The molecule has 4 rings (SSSR count). The average molecular weight is 424 g/mol. The largest absolute Gasteiger partial charge is 0.495 e. The van der Waals surface area contributed by atoms with Crippen molar-refractivity contribution in [1.29, 1.82) is 0 Å². The van der Waals surface area contributed by atoms with Crippen molar-refractivity contribution < 1.29 is 14.1 Å². The number of nitrogens with one attached hydrogen (secondary N) is 1. The van der Waals surface area contributed by atoms with Crippen molar-refractivity contribution in [3.63, 3.8) is 0 Å². The molecule has 3 aromatic rings. The molecule has 2 aromatic heterocycles. The first-order valence-corrected chi connectivity index (χ1v) is 9.87. The maximum Gasteiger partial charge on any atom is 0.292 e. The quantitative estimate of drug-likeness (QED) is 0.598. The number of carbonyl (C=O) groups is 1. The highest BCUT2D eigenvalue weighted by Crippen LogP contribution is 2.25. The standard InChI is InChI=1S/C20H24N8O3/c1-13-11-16(31-26-13)18(29)28-9-7-27(8-10-28)12-17-23-19(21)25-20(24-17)22-14-5-3-4-6-15(14)30-2/h3-6,11H,7-10,12H2,1-2H3,(H3,21,22,23,24,25). The molecule has 1 amide bonds. The van der Waals surface area contributed by atoms with Crippen molar-refractivity contribution in [1.82, 2.24) is 29.9 Å². The zero-order valence-corrected chi connectivity index (χ0v) is 17.4. The molecule has 11 heteroatoms. The van der Waals surface area contributed by atoms with Gasteiger partial charge in [-0.15, -0.1) is 0 Å². The molecule has 0 aliphatic carbocycles. The number of carbonyl (C=O) groups excluding carboxylic acids is 1. The summed E-state index contributed by atoms with van der Waals surface area (Å²) in [5.74, 6) is 1.83. The van der Waals surface area contributed by atoms with Gasteiger partial charge in [-0.1, -0.05) is 17.3 Å². The molecule has 0 saturated carbocycles. The summed E-state index contributed by atoms with van der Waals surface area (Å²) in [7, 11) is 1.60. The van der Waals surface area contributed by atoms with E-state index >= 15 is 0 Å². The van der Waals surface area contributed by atoms with Gasteiger partial charge in [0.2, 0.25) is 17.7 Å². The summed E-state index contributed by atoms with van der Waals surface area (Å²) >= 11 is 0. The number of amides is 1. The highest BCUT2D eigenvalue weighted by molar-refractivity contribution is 5.91. The van der Waals surface area contributed by atoms with Crippen molar-refractivity contribution in [2.45, 2.75) is 13.5 Å². The van der Waals surface area contributed by atoms with E-state index in [-0.39, 0.29) is 17.6 Å². The number of nitrogens with zero attached hydrogens (tertiary/aromatic N) is 6. The minimum Gasteiger partial charge on any atom is -0.495 e. The van der Waals surface area contributed by atoms with Gasteiger partial charge in [0.05, 0.1) is 25.0 Å². The summed E-state index contributed by atoms with van der Waals surface area (Å²) in [5, 5.41) is 6.91. The molecule has 1 aliphatic rings. The van der Waals surface area contributed by atoms with E-state index in [2.05, 4.69) is 30.3 Å². The lowest BCUT2D eigenvalue weighted by Crippen LogP contribution is -2.48. The molecule has 0 radical (unpaired) electrons. The van der Waals surface area contributed by atoms with Crippen LogP contribution in [0, 0.1) is 6.92 Å². The van der Waals surface area contributed by atoms with Gasteiger partial charge in [0.25, 0.3) is 5.91 Å². The van der Waals surface area contributed by atoms with Crippen LogP contribution in [0.15, 0.2) is 34.9 Å². The first-order valence-electron chi connectivity index (χ1n) is 9.87. The van der Waals surface area contributed by atoms with Crippen molar-refractivity contribution >= 4 is 23.5 Å². The SMILES string of the molecule is COc1ccccc1Nc1nc(N)nc(CN2CCN(C(=O)c3cc(C)no3)CC2)n1. The second kappa shape index (κ2) is 8.96.